The normalized spacial score (nSPS) is 34.8. The molecule has 0 unspecified atom stereocenters. The van der Waals surface area contributed by atoms with E-state index < -0.39 is 5.41 Å². The van der Waals surface area contributed by atoms with Crippen LogP contribution in [0.5, 0.6) is 0 Å². The molecule has 2 aliphatic rings. The van der Waals surface area contributed by atoms with Crippen molar-refractivity contribution in [3.05, 3.63) is 12.7 Å². The smallest absolute Gasteiger partial charge is 0.226 e. The Bertz CT molecular complexity index is 359. The van der Waals surface area contributed by atoms with Gasteiger partial charge in [0.2, 0.25) is 5.91 Å². The van der Waals surface area contributed by atoms with E-state index in [-0.39, 0.29) is 24.2 Å². The molecule has 2 atom stereocenters. The maximum Gasteiger partial charge on any atom is 0.226 e. The first-order chi connectivity index (χ1) is 9.45. The molecule has 2 rings (SSSR count). The highest BCUT2D eigenvalue weighted by atomic mass is 16.5. The second-order valence-electron chi connectivity index (χ2n) is 6.67. The number of nitrogens with one attached hydrogen (secondary N) is 1. The predicted molar refractivity (Wildman–Crippen MR) is 78.2 cm³/mol. The molecule has 1 amide bonds. The van der Waals surface area contributed by atoms with E-state index >= 15 is 0 Å². The predicted octanol–water partition coefficient (Wildman–Crippen LogP) is 2.02. The van der Waals surface area contributed by atoms with Gasteiger partial charge in [0.1, 0.15) is 0 Å². The van der Waals surface area contributed by atoms with Crippen LogP contribution >= 0.6 is 0 Å². The molecular formula is C16H27NO3. The molecule has 114 valence electrons. The number of hydrogen-bond donors (Lipinski definition) is 2. The molecule has 4 nitrogen and oxygen atoms in total. The van der Waals surface area contributed by atoms with Crippen LogP contribution in [-0.2, 0) is 9.53 Å². The largest absolute Gasteiger partial charge is 0.393 e. The van der Waals surface area contributed by atoms with E-state index in [2.05, 4.69) is 11.9 Å². The fraction of sp³-hybridized carbons (Fsp3) is 0.812. The van der Waals surface area contributed by atoms with Gasteiger partial charge in [-0.25, -0.2) is 0 Å². The minimum Gasteiger partial charge on any atom is -0.393 e. The molecule has 1 aliphatic carbocycles. The molecule has 0 spiro atoms. The Labute approximate surface area is 121 Å². The lowest BCUT2D eigenvalue weighted by molar-refractivity contribution is -0.134. The van der Waals surface area contributed by atoms with E-state index in [9.17, 15) is 9.90 Å². The Morgan fingerprint density at radius 1 is 1.30 bits per heavy atom. The topological polar surface area (TPSA) is 58.6 Å². The third-order valence-corrected chi connectivity index (χ3v) is 4.99. The standard InChI is InChI=1S/C16H27NO3/c1-4-14-13(9-10-20-14)17-15(19)16(2,3)11-5-7-12(18)8-6-11/h4,11-14,18H,1,5-10H2,2-3H3,(H,17,19)/t11?,12?,13-,14+/m1/s1. The number of rotatable bonds is 4. The molecule has 2 N–H and O–H groups in total. The van der Waals surface area contributed by atoms with Gasteiger partial charge in [0.05, 0.1) is 18.2 Å². The van der Waals surface area contributed by atoms with Crippen LogP contribution in [0, 0.1) is 11.3 Å². The first kappa shape index (κ1) is 15.5. The fourth-order valence-electron chi connectivity index (χ4n) is 3.34. The monoisotopic (exact) mass is 281 g/mol. The maximum absolute atomic E-state index is 12.6. The SMILES string of the molecule is C=C[C@@H]1OCC[C@H]1NC(=O)C(C)(C)C1CCC(O)CC1. The van der Waals surface area contributed by atoms with Crippen LogP contribution in [0.25, 0.3) is 0 Å². The van der Waals surface area contributed by atoms with Crippen LogP contribution in [0.4, 0.5) is 0 Å². The third kappa shape index (κ3) is 3.23. The average Bonchev–Trinajstić information content (AvgIpc) is 2.86. The van der Waals surface area contributed by atoms with E-state index in [1.165, 1.54) is 0 Å². The highest BCUT2D eigenvalue weighted by molar-refractivity contribution is 5.82. The molecule has 0 radical (unpaired) electrons. The summed E-state index contributed by atoms with van der Waals surface area (Å²) in [7, 11) is 0. The number of amides is 1. The second-order valence-corrected chi connectivity index (χ2v) is 6.67. The molecule has 1 aliphatic heterocycles. The Morgan fingerprint density at radius 3 is 2.55 bits per heavy atom. The van der Waals surface area contributed by atoms with Crippen LogP contribution in [0.15, 0.2) is 12.7 Å². The van der Waals surface area contributed by atoms with Gasteiger partial charge in [-0.3, -0.25) is 4.79 Å². The van der Waals surface area contributed by atoms with Crippen molar-refractivity contribution >= 4 is 5.91 Å². The summed E-state index contributed by atoms with van der Waals surface area (Å²) in [6, 6.07) is 0.0495. The molecule has 0 bridgehead atoms. The van der Waals surface area contributed by atoms with E-state index in [4.69, 9.17) is 4.74 Å². The molecule has 1 saturated heterocycles. The van der Waals surface area contributed by atoms with Crippen molar-refractivity contribution in [1.29, 1.82) is 0 Å². The highest BCUT2D eigenvalue weighted by Crippen LogP contribution is 2.38. The lowest BCUT2D eigenvalue weighted by Gasteiger charge is -2.38. The van der Waals surface area contributed by atoms with Crippen molar-refractivity contribution in [2.24, 2.45) is 11.3 Å². The Hall–Kier alpha value is -0.870. The van der Waals surface area contributed by atoms with Crippen LogP contribution in [0.1, 0.15) is 46.0 Å². The summed E-state index contributed by atoms with van der Waals surface area (Å²) in [6.07, 6.45) is 5.83. The summed E-state index contributed by atoms with van der Waals surface area (Å²) in [4.78, 5) is 12.6. The van der Waals surface area contributed by atoms with Gasteiger partial charge < -0.3 is 15.2 Å². The van der Waals surface area contributed by atoms with Gasteiger partial charge in [0, 0.05) is 12.0 Å². The first-order valence-corrected chi connectivity index (χ1v) is 7.68. The van der Waals surface area contributed by atoms with Crippen molar-refractivity contribution in [1.82, 2.24) is 5.32 Å². The maximum atomic E-state index is 12.6. The van der Waals surface area contributed by atoms with Crippen molar-refractivity contribution in [2.75, 3.05) is 6.61 Å². The van der Waals surface area contributed by atoms with Gasteiger partial charge in [0.25, 0.3) is 0 Å². The van der Waals surface area contributed by atoms with Crippen molar-refractivity contribution < 1.29 is 14.6 Å². The summed E-state index contributed by atoms with van der Waals surface area (Å²) in [5.74, 6) is 0.441. The zero-order chi connectivity index (χ0) is 14.8. The van der Waals surface area contributed by atoms with E-state index in [0.29, 0.717) is 12.5 Å². The number of aliphatic hydroxyl groups excluding tert-OH is 1. The Balaban J connectivity index is 1.94. The Kier molecular flexibility index (Phi) is 4.86. The average molecular weight is 281 g/mol. The van der Waals surface area contributed by atoms with Gasteiger partial charge in [-0.15, -0.1) is 6.58 Å². The number of ether oxygens (including phenoxy) is 1. The van der Waals surface area contributed by atoms with Crippen LogP contribution < -0.4 is 5.32 Å². The van der Waals surface area contributed by atoms with E-state index in [0.717, 1.165) is 32.1 Å². The molecular weight excluding hydrogens is 254 g/mol. The molecule has 0 aromatic rings. The number of hydrogen-bond acceptors (Lipinski definition) is 3. The quantitative estimate of drug-likeness (QED) is 0.775. The summed E-state index contributed by atoms with van der Waals surface area (Å²) >= 11 is 0. The number of carbonyl (C=O) groups is 1. The van der Waals surface area contributed by atoms with Gasteiger partial charge in [-0.05, 0) is 38.0 Å². The first-order valence-electron chi connectivity index (χ1n) is 7.68. The molecule has 0 aromatic carbocycles. The third-order valence-electron chi connectivity index (χ3n) is 4.99. The molecule has 4 heteroatoms. The zero-order valence-corrected chi connectivity index (χ0v) is 12.6. The summed E-state index contributed by atoms with van der Waals surface area (Å²) in [5.41, 5.74) is -0.394. The van der Waals surface area contributed by atoms with Gasteiger partial charge in [-0.2, -0.15) is 0 Å². The van der Waals surface area contributed by atoms with Crippen LogP contribution in [-0.4, -0.2) is 35.9 Å². The molecule has 0 aromatic heterocycles. The van der Waals surface area contributed by atoms with E-state index in [1.807, 2.05) is 13.8 Å². The van der Waals surface area contributed by atoms with Gasteiger partial charge in [-0.1, -0.05) is 19.9 Å². The lowest BCUT2D eigenvalue weighted by atomic mass is 9.70. The summed E-state index contributed by atoms with van der Waals surface area (Å²) < 4.78 is 5.52. The zero-order valence-electron chi connectivity index (χ0n) is 12.6. The summed E-state index contributed by atoms with van der Waals surface area (Å²) in [5, 5.41) is 12.7. The minimum atomic E-state index is -0.394. The van der Waals surface area contributed by atoms with Gasteiger partial charge in [0.15, 0.2) is 0 Å². The number of aliphatic hydroxyl groups is 1. The van der Waals surface area contributed by atoms with Crippen LogP contribution in [0.2, 0.25) is 0 Å². The van der Waals surface area contributed by atoms with E-state index in [1.54, 1.807) is 6.08 Å². The van der Waals surface area contributed by atoms with Crippen molar-refractivity contribution in [2.45, 2.75) is 64.2 Å². The highest BCUT2D eigenvalue weighted by Gasteiger charge is 2.40. The molecule has 1 heterocycles. The number of carbonyl (C=O) groups excluding carboxylic acids is 1. The molecule has 20 heavy (non-hydrogen) atoms. The summed E-state index contributed by atoms with van der Waals surface area (Å²) in [6.45, 7) is 8.47. The van der Waals surface area contributed by atoms with Crippen molar-refractivity contribution in [3.63, 3.8) is 0 Å². The fourth-order valence-corrected chi connectivity index (χ4v) is 3.34. The van der Waals surface area contributed by atoms with Gasteiger partial charge >= 0.3 is 0 Å². The second kappa shape index (κ2) is 6.27. The minimum absolute atomic E-state index is 0.0495. The molecule has 1 saturated carbocycles. The van der Waals surface area contributed by atoms with Crippen molar-refractivity contribution in [3.8, 4) is 0 Å². The molecule has 2 fully saturated rings. The lowest BCUT2D eigenvalue weighted by Crippen LogP contribution is -2.49. The Morgan fingerprint density at radius 2 is 1.95 bits per heavy atom. The van der Waals surface area contributed by atoms with Crippen LogP contribution in [0.3, 0.4) is 0 Å².